The van der Waals surface area contributed by atoms with Crippen LogP contribution in [-0.4, -0.2) is 37.0 Å². The van der Waals surface area contributed by atoms with E-state index in [0.717, 1.165) is 42.5 Å². The van der Waals surface area contributed by atoms with Crippen molar-refractivity contribution in [2.24, 2.45) is 29.6 Å². The minimum absolute atomic E-state index is 0. The number of allylic oxidation sites excluding steroid dienone is 2. The van der Waals surface area contributed by atoms with Crippen LogP contribution in [0.25, 0.3) is 32.2 Å². The van der Waals surface area contributed by atoms with Gasteiger partial charge in [-0.15, -0.1) is 40.1 Å². The van der Waals surface area contributed by atoms with E-state index in [0.29, 0.717) is 17.8 Å². The first-order valence-corrected chi connectivity index (χ1v) is 27.0. The summed E-state index contributed by atoms with van der Waals surface area (Å²) in [4.78, 5) is 21.5. The van der Waals surface area contributed by atoms with E-state index in [-0.39, 0.29) is 43.5 Å². The summed E-state index contributed by atoms with van der Waals surface area (Å²) in [7, 11) is -3.32. The van der Waals surface area contributed by atoms with Crippen LogP contribution >= 0.6 is 11.3 Å². The monoisotopic (exact) mass is 950 g/mol. The molecule has 0 bridgehead atoms. The molecule has 4 nitrogen and oxygen atoms in total. The van der Waals surface area contributed by atoms with Gasteiger partial charge in [0.1, 0.15) is 14.4 Å². The molecule has 2 aromatic heterocycles. The van der Waals surface area contributed by atoms with Crippen molar-refractivity contribution in [1.29, 1.82) is 0 Å². The molecule has 8 heteroatoms. The van der Waals surface area contributed by atoms with Crippen LogP contribution in [0.3, 0.4) is 0 Å². The molecule has 4 rings (SSSR count). The van der Waals surface area contributed by atoms with Crippen LogP contribution in [0.5, 0.6) is 0 Å². The molecule has 4 aromatic rings. The topological polar surface area (TPSA) is 63.1 Å². The van der Waals surface area contributed by atoms with Crippen molar-refractivity contribution in [3.8, 4) is 11.3 Å². The number of hydrogen-bond donors (Lipinski definition) is 1. The van der Waals surface area contributed by atoms with Gasteiger partial charge in [0, 0.05) is 48.4 Å². The van der Waals surface area contributed by atoms with Gasteiger partial charge >= 0.3 is 0 Å². The van der Waals surface area contributed by atoms with Gasteiger partial charge in [-0.3, -0.25) is 9.78 Å². The second-order valence-electron chi connectivity index (χ2n) is 17.4. The number of fused-ring (bicyclic) bond motifs is 2. The van der Waals surface area contributed by atoms with Crippen molar-refractivity contribution in [2.45, 2.75) is 140 Å². The average molecular weight is 951 g/mol. The van der Waals surface area contributed by atoms with Gasteiger partial charge in [0.25, 0.3) is 0 Å². The Morgan fingerprint density at radius 1 is 0.849 bits per heavy atom. The van der Waals surface area contributed by atoms with Crippen LogP contribution in [0.15, 0.2) is 48.5 Å². The van der Waals surface area contributed by atoms with Gasteiger partial charge in [-0.1, -0.05) is 136 Å². The van der Waals surface area contributed by atoms with Crippen LogP contribution in [-0.2, 0) is 24.9 Å². The second-order valence-corrected chi connectivity index (χ2v) is 28.1. The van der Waals surface area contributed by atoms with E-state index in [2.05, 4.69) is 105 Å². The van der Waals surface area contributed by atoms with Crippen molar-refractivity contribution in [3.63, 3.8) is 0 Å². The average Bonchev–Trinajstić information content (AvgIpc) is 3.41. The molecule has 0 atom stereocenters. The van der Waals surface area contributed by atoms with Crippen molar-refractivity contribution in [2.75, 3.05) is 0 Å². The molecule has 1 N–H and O–H groups in total. The molecule has 2 heterocycles. The first-order valence-electron chi connectivity index (χ1n) is 20.1. The Hall–Kier alpha value is -1.97. The summed E-state index contributed by atoms with van der Waals surface area (Å²) in [5.74, 6) is 2.65. The number of carbonyl (C=O) groups is 1. The zero-order chi connectivity index (χ0) is 39.0. The third-order valence-corrected chi connectivity index (χ3v) is 21.4. The molecule has 0 unspecified atom stereocenters. The fourth-order valence-electron chi connectivity index (χ4n) is 8.35. The number of aliphatic hydroxyl groups is 1. The Morgan fingerprint density at radius 3 is 1.87 bits per heavy atom. The van der Waals surface area contributed by atoms with E-state index in [9.17, 15) is 9.90 Å². The van der Waals surface area contributed by atoms with Gasteiger partial charge in [-0.25, -0.2) is 4.98 Å². The number of ketones is 1. The molecule has 0 fully saturated rings. The molecule has 53 heavy (non-hydrogen) atoms. The summed E-state index contributed by atoms with van der Waals surface area (Å²) in [6.07, 6.45) is 6.69. The van der Waals surface area contributed by atoms with E-state index in [1.54, 1.807) is 10.8 Å². The number of benzene rings is 2. The molecule has 0 spiro atoms. The summed E-state index contributed by atoms with van der Waals surface area (Å²) >= 11 is 2.03. The number of carbonyl (C=O) groups excluding carboxylic acids is 1. The third-order valence-electron chi connectivity index (χ3n) is 10.5. The van der Waals surface area contributed by atoms with Gasteiger partial charge in [-0.05, 0) is 60.4 Å². The van der Waals surface area contributed by atoms with Crippen LogP contribution in [0.1, 0.15) is 100 Å². The van der Waals surface area contributed by atoms with Gasteiger partial charge in [0.05, 0.1) is 19.3 Å². The van der Waals surface area contributed by atoms with E-state index in [1.807, 2.05) is 39.0 Å². The third kappa shape index (κ3) is 12.0. The Bertz CT molecular complexity index is 1770. The summed E-state index contributed by atoms with van der Waals surface area (Å²) < 4.78 is 2.93. The van der Waals surface area contributed by atoms with E-state index < -0.39 is 16.1 Å². The summed E-state index contributed by atoms with van der Waals surface area (Å²) in [5.41, 5.74) is 4.77. The molecular weight excluding hydrogens is 881 g/mol. The maximum atomic E-state index is 11.7. The van der Waals surface area contributed by atoms with E-state index >= 15 is 0 Å². The second kappa shape index (κ2) is 20.8. The van der Waals surface area contributed by atoms with Gasteiger partial charge < -0.3 is 5.11 Å². The molecule has 295 valence electrons. The smallest absolute Gasteiger partial charge is 0.162 e. The predicted octanol–water partition coefficient (Wildman–Crippen LogP) is 12.7. The number of aromatic nitrogens is 2. The standard InChI is InChI=1S/C32H45N2SSi2.C13H24O2.Ir/c1-21(2)17-37(18-22(3)4,19-23(5)6)32-24(7)29-31(35-32)30(34-20-33-29)26-15-25-13-11-12-14-27(25)28(16-26)36(8,9)10;1-5-10(6-2)12(14)9-13(15)11(7-3)8-4;/h11-14,16,20-23H,17-19H2,1-10H3;9-11,14H,5-8H2,1-4H3;/q-1;;/b;12-9-;. The van der Waals surface area contributed by atoms with Gasteiger partial charge in [0.2, 0.25) is 0 Å². The fourth-order valence-corrected chi connectivity index (χ4v) is 19.6. The molecule has 0 aliphatic carbocycles. The number of thiophene rings is 1. The minimum atomic E-state index is -1.75. The molecule has 0 saturated carbocycles. The molecule has 0 amide bonds. The van der Waals surface area contributed by atoms with Gasteiger partial charge in [0.15, 0.2) is 5.78 Å². The van der Waals surface area contributed by atoms with Crippen LogP contribution < -0.4 is 9.69 Å². The van der Waals surface area contributed by atoms with Gasteiger partial charge in [-0.2, -0.15) is 0 Å². The summed E-state index contributed by atoms with van der Waals surface area (Å²) in [6, 6.07) is 18.9. The zero-order valence-electron chi connectivity index (χ0n) is 35.4. The number of aryl methyl sites for hydroxylation is 1. The predicted molar refractivity (Wildman–Crippen MR) is 235 cm³/mol. The number of rotatable bonds is 16. The number of nitrogens with zero attached hydrogens (tertiary/aromatic N) is 2. The number of aliphatic hydroxyl groups excluding tert-OH is 1. The Labute approximate surface area is 342 Å². The number of hydrogen-bond acceptors (Lipinski definition) is 5. The molecule has 0 saturated heterocycles. The Balaban J connectivity index is 0.000000516. The normalized spacial score (nSPS) is 12.7. The molecule has 0 aliphatic rings. The first-order chi connectivity index (χ1) is 24.4. The maximum absolute atomic E-state index is 11.7. The summed E-state index contributed by atoms with van der Waals surface area (Å²) in [5, 5.41) is 13.8. The van der Waals surface area contributed by atoms with Crippen LogP contribution in [0.4, 0.5) is 0 Å². The van der Waals surface area contributed by atoms with Crippen molar-refractivity contribution in [1.82, 2.24) is 9.97 Å². The first kappa shape index (κ1) is 47.2. The molecule has 1 radical (unpaired) electrons. The maximum Gasteiger partial charge on any atom is 0.162 e. The molecule has 2 aromatic carbocycles. The van der Waals surface area contributed by atoms with Crippen LogP contribution in [0.2, 0.25) is 37.8 Å². The quantitative estimate of drug-likeness (QED) is 0.0526. The molecule has 0 aliphatic heterocycles. The van der Waals surface area contributed by atoms with Crippen molar-refractivity contribution < 1.29 is 30.0 Å². The van der Waals surface area contributed by atoms with Crippen molar-refractivity contribution in [3.05, 3.63) is 60.1 Å². The molecular formula is C45H69IrN2O2SSi2-. The van der Waals surface area contributed by atoms with E-state index in [4.69, 9.17) is 9.97 Å². The fraction of sp³-hybridized carbons (Fsp3) is 0.578. The summed E-state index contributed by atoms with van der Waals surface area (Å²) in [6.45, 7) is 32.2. The minimum Gasteiger partial charge on any atom is -0.512 e. The van der Waals surface area contributed by atoms with Crippen molar-refractivity contribution >= 4 is 63.9 Å². The largest absolute Gasteiger partial charge is 0.512 e. The SMILES string of the molecule is CCC(CC)C(=O)/C=C(\O)C(CC)CC.Cc1c([Si](CC(C)C)(CC(C)C)CC(C)C)sc2c(-c3[c-]c4ccccc4c([Si](C)(C)C)c3)ncnc12.[Ir]. The van der Waals surface area contributed by atoms with Crippen LogP contribution in [0, 0.1) is 42.6 Å². The zero-order valence-corrected chi connectivity index (χ0v) is 40.6. The Kier molecular flexibility index (Phi) is 18.5. The Morgan fingerprint density at radius 2 is 1.38 bits per heavy atom. The van der Waals surface area contributed by atoms with E-state index in [1.165, 1.54) is 50.4 Å².